The molecule has 0 atom stereocenters. The molecule has 0 radical (unpaired) electrons. The second kappa shape index (κ2) is 9.03. The third-order valence-corrected chi connectivity index (χ3v) is 8.75. The van der Waals surface area contributed by atoms with Gasteiger partial charge in [-0.3, -0.25) is 0 Å². The molecule has 3 aromatic carbocycles. The van der Waals surface area contributed by atoms with Crippen molar-refractivity contribution in [1.29, 1.82) is 0 Å². The van der Waals surface area contributed by atoms with Crippen LogP contribution in [0.15, 0.2) is 90.7 Å². The zero-order valence-electron chi connectivity index (χ0n) is 21.5. The molecule has 3 aromatic rings. The summed E-state index contributed by atoms with van der Waals surface area (Å²) >= 11 is 6.47. The smallest absolute Gasteiger partial charge is 0.0449 e. The average molecular weight is 482 g/mol. The van der Waals surface area contributed by atoms with Crippen LogP contribution in [-0.4, -0.2) is 7.05 Å². The first-order chi connectivity index (χ1) is 16.8. The van der Waals surface area contributed by atoms with Crippen molar-refractivity contribution < 1.29 is 0 Å². The van der Waals surface area contributed by atoms with Crippen LogP contribution in [0.2, 0.25) is 5.02 Å². The van der Waals surface area contributed by atoms with Gasteiger partial charge in [0.15, 0.2) is 0 Å². The molecule has 0 N–H and O–H groups in total. The number of hydrogen-bond acceptors (Lipinski definition) is 1. The molecule has 1 aliphatic carbocycles. The number of hydrogen-bond donors (Lipinski definition) is 0. The van der Waals surface area contributed by atoms with E-state index in [0.717, 1.165) is 10.6 Å². The number of nitrogens with zero attached hydrogens (tertiary/aromatic N) is 1. The SMILES string of the molecule is C=C(/C=C/C=C1/N(C)c2ccc(Cl)cc2C12CCCCC2)C(C)(C)c1c(C)ccc2ccccc12. The molecule has 0 saturated heterocycles. The van der Waals surface area contributed by atoms with E-state index in [1.807, 2.05) is 6.07 Å². The zero-order valence-corrected chi connectivity index (χ0v) is 22.3. The normalized spacial score (nSPS) is 18.7. The van der Waals surface area contributed by atoms with Crippen LogP contribution in [0.5, 0.6) is 0 Å². The van der Waals surface area contributed by atoms with Gasteiger partial charge in [0.25, 0.3) is 0 Å². The topological polar surface area (TPSA) is 3.24 Å². The van der Waals surface area contributed by atoms with Gasteiger partial charge in [-0.25, -0.2) is 0 Å². The van der Waals surface area contributed by atoms with Gasteiger partial charge in [-0.15, -0.1) is 0 Å². The van der Waals surface area contributed by atoms with Crippen LogP contribution in [0.25, 0.3) is 10.8 Å². The quantitative estimate of drug-likeness (QED) is 0.335. The second-order valence-electron chi connectivity index (χ2n) is 10.9. The molecule has 2 aliphatic rings. The minimum absolute atomic E-state index is 0.0701. The van der Waals surface area contributed by atoms with Crippen molar-refractivity contribution in [2.24, 2.45) is 0 Å². The Labute approximate surface area is 215 Å². The summed E-state index contributed by atoms with van der Waals surface area (Å²) in [6.45, 7) is 11.3. The second-order valence-corrected chi connectivity index (χ2v) is 11.3. The first-order valence-corrected chi connectivity index (χ1v) is 13.2. The fraction of sp³-hybridized carbons (Fsp3) is 0.333. The zero-order chi connectivity index (χ0) is 24.8. The van der Waals surface area contributed by atoms with Crippen molar-refractivity contribution in [2.45, 2.75) is 63.7 Å². The summed E-state index contributed by atoms with van der Waals surface area (Å²) in [6, 6.07) is 19.5. The van der Waals surface area contributed by atoms with E-state index in [1.54, 1.807) is 0 Å². The van der Waals surface area contributed by atoms with Gasteiger partial charge in [0.05, 0.1) is 0 Å². The maximum Gasteiger partial charge on any atom is 0.0449 e. The number of aryl methyl sites for hydroxylation is 1. The molecule has 1 fully saturated rings. The van der Waals surface area contributed by atoms with Crippen molar-refractivity contribution in [3.63, 3.8) is 0 Å². The Balaban J connectivity index is 1.50. The summed E-state index contributed by atoms with van der Waals surface area (Å²) in [6.07, 6.45) is 13.0. The number of anilines is 1. The average Bonchev–Trinajstić information content (AvgIpc) is 3.06. The highest BCUT2D eigenvalue weighted by atomic mass is 35.5. The molecule has 1 aliphatic heterocycles. The Morgan fingerprint density at radius 1 is 1.03 bits per heavy atom. The molecule has 0 amide bonds. The molecular formula is C33H36ClN. The lowest BCUT2D eigenvalue weighted by Gasteiger charge is -2.36. The van der Waals surface area contributed by atoms with E-state index < -0.39 is 0 Å². The number of benzene rings is 3. The van der Waals surface area contributed by atoms with Crippen molar-refractivity contribution in [3.8, 4) is 0 Å². The standard InChI is InChI=1S/C33H36ClN/c1-23-16-17-25-13-7-8-14-27(25)31(23)32(3,4)24(2)12-11-15-30-33(20-9-6-10-21-33)28-22-26(34)18-19-29(28)35(30)5/h7-8,11-19,22H,2,6,9-10,20-21H2,1,3-5H3/b12-11+,30-15+. The van der Waals surface area contributed by atoms with E-state index in [0.29, 0.717) is 0 Å². The summed E-state index contributed by atoms with van der Waals surface area (Å²) in [4.78, 5) is 2.38. The Morgan fingerprint density at radius 2 is 1.77 bits per heavy atom. The Bertz CT molecular complexity index is 1350. The lowest BCUT2D eigenvalue weighted by molar-refractivity contribution is 0.347. The molecular weight excluding hydrogens is 446 g/mol. The van der Waals surface area contributed by atoms with Crippen LogP contribution >= 0.6 is 11.6 Å². The van der Waals surface area contributed by atoms with E-state index in [4.69, 9.17) is 11.6 Å². The van der Waals surface area contributed by atoms with E-state index in [2.05, 4.69) is 106 Å². The highest BCUT2D eigenvalue weighted by Crippen LogP contribution is 2.55. The maximum atomic E-state index is 6.47. The highest BCUT2D eigenvalue weighted by molar-refractivity contribution is 6.30. The molecule has 5 rings (SSSR count). The molecule has 2 heteroatoms. The third kappa shape index (κ3) is 3.95. The van der Waals surface area contributed by atoms with Crippen LogP contribution in [-0.2, 0) is 10.8 Å². The minimum atomic E-state index is -0.180. The first-order valence-electron chi connectivity index (χ1n) is 12.9. The van der Waals surface area contributed by atoms with Gasteiger partial charge < -0.3 is 4.90 Å². The van der Waals surface area contributed by atoms with Gasteiger partial charge in [0.1, 0.15) is 0 Å². The van der Waals surface area contributed by atoms with Crippen LogP contribution in [0.3, 0.4) is 0 Å². The summed E-state index contributed by atoms with van der Waals surface area (Å²) in [5.74, 6) is 0. The van der Waals surface area contributed by atoms with Crippen LogP contribution in [0.4, 0.5) is 5.69 Å². The molecule has 1 spiro atoms. The van der Waals surface area contributed by atoms with Gasteiger partial charge in [-0.1, -0.05) is 99.8 Å². The van der Waals surface area contributed by atoms with Gasteiger partial charge in [0, 0.05) is 34.3 Å². The fourth-order valence-electron chi connectivity index (χ4n) is 6.56. The van der Waals surface area contributed by atoms with E-state index in [-0.39, 0.29) is 10.8 Å². The minimum Gasteiger partial charge on any atom is -0.347 e. The van der Waals surface area contributed by atoms with Crippen molar-refractivity contribution >= 4 is 28.1 Å². The summed E-state index contributed by atoms with van der Waals surface area (Å²) < 4.78 is 0. The molecule has 35 heavy (non-hydrogen) atoms. The number of rotatable bonds is 4. The fourth-order valence-corrected chi connectivity index (χ4v) is 6.73. The molecule has 0 aromatic heterocycles. The van der Waals surface area contributed by atoms with E-state index in [9.17, 15) is 0 Å². The van der Waals surface area contributed by atoms with E-state index >= 15 is 0 Å². The van der Waals surface area contributed by atoms with Crippen LogP contribution in [0.1, 0.15) is 62.6 Å². The van der Waals surface area contributed by atoms with E-state index in [1.165, 1.54) is 71.0 Å². The lowest BCUT2D eigenvalue weighted by Crippen LogP contribution is -2.31. The van der Waals surface area contributed by atoms with Gasteiger partial charge in [0.2, 0.25) is 0 Å². The Morgan fingerprint density at radius 3 is 2.54 bits per heavy atom. The van der Waals surface area contributed by atoms with Gasteiger partial charge in [-0.2, -0.15) is 0 Å². The van der Waals surface area contributed by atoms with Crippen LogP contribution < -0.4 is 4.90 Å². The van der Waals surface area contributed by atoms with Crippen LogP contribution in [0, 0.1) is 6.92 Å². The molecule has 0 bridgehead atoms. The predicted molar refractivity (Wildman–Crippen MR) is 153 cm³/mol. The molecule has 1 heterocycles. The summed E-state index contributed by atoms with van der Waals surface area (Å²) in [7, 11) is 2.20. The Hall–Kier alpha value is -2.77. The molecule has 1 nitrogen and oxygen atoms in total. The lowest BCUT2D eigenvalue weighted by atomic mass is 9.68. The predicted octanol–water partition coefficient (Wildman–Crippen LogP) is 9.43. The number of halogens is 1. The molecule has 1 saturated carbocycles. The molecule has 0 unspecified atom stereocenters. The largest absolute Gasteiger partial charge is 0.347 e. The van der Waals surface area contributed by atoms with Crippen molar-refractivity contribution in [1.82, 2.24) is 0 Å². The highest BCUT2D eigenvalue weighted by Gasteiger charge is 2.46. The maximum absolute atomic E-state index is 6.47. The van der Waals surface area contributed by atoms with Crippen molar-refractivity contribution in [2.75, 3.05) is 11.9 Å². The summed E-state index contributed by atoms with van der Waals surface area (Å²) in [5, 5.41) is 3.43. The number of fused-ring (bicyclic) bond motifs is 3. The van der Waals surface area contributed by atoms with Gasteiger partial charge in [-0.05, 0) is 77.1 Å². The summed E-state index contributed by atoms with van der Waals surface area (Å²) in [5.41, 5.74) is 7.76. The third-order valence-electron chi connectivity index (χ3n) is 8.51. The first kappa shape index (κ1) is 23.9. The number of likely N-dealkylation sites (N-methyl/N-ethyl adjacent to an activating group) is 1. The van der Waals surface area contributed by atoms with Crippen molar-refractivity contribution in [3.05, 3.63) is 112 Å². The monoisotopic (exact) mass is 481 g/mol. The Kier molecular flexibility index (Phi) is 6.18. The number of allylic oxidation sites excluding steroid dienone is 5. The molecule has 180 valence electrons. The van der Waals surface area contributed by atoms with Gasteiger partial charge >= 0.3 is 0 Å².